The number of hydrogen-bond acceptors (Lipinski definition) is 3. The zero-order valence-corrected chi connectivity index (χ0v) is 26.3. The molecular formula is C39H42N4O2. The Bertz CT molecular complexity index is 1910. The van der Waals surface area contributed by atoms with Crippen LogP contribution in [0.25, 0.3) is 57.5 Å². The maximum atomic E-state index is 11.6. The van der Waals surface area contributed by atoms with E-state index in [1.54, 1.807) is 12.1 Å². The first-order valence-corrected chi connectivity index (χ1v) is 16.5. The number of aromatic carboxylic acids is 1. The van der Waals surface area contributed by atoms with Crippen molar-refractivity contribution < 1.29 is 9.90 Å². The molecule has 3 aromatic heterocycles. The number of carboxylic acid groups (broad SMARTS) is 1. The molecule has 0 radical (unpaired) electrons. The van der Waals surface area contributed by atoms with Gasteiger partial charge in [-0.2, -0.15) is 0 Å². The van der Waals surface area contributed by atoms with E-state index in [4.69, 9.17) is 9.97 Å². The predicted molar refractivity (Wildman–Crippen MR) is 187 cm³/mol. The smallest absolute Gasteiger partial charge is 0.335 e. The Morgan fingerprint density at radius 2 is 1.24 bits per heavy atom. The first kappa shape index (κ1) is 30.3. The fraction of sp³-hybridized carbons (Fsp3) is 0.308. The third kappa shape index (κ3) is 6.85. The topological polar surface area (TPSA) is 94.7 Å². The largest absolute Gasteiger partial charge is 0.478 e. The molecule has 6 rings (SSSR count). The lowest BCUT2D eigenvalue weighted by atomic mass is 10.0. The molecule has 4 aromatic rings. The molecule has 0 atom stereocenters. The highest BCUT2D eigenvalue weighted by molar-refractivity contribution is 5.93. The average molecular weight is 599 g/mol. The van der Waals surface area contributed by atoms with Gasteiger partial charge in [-0.05, 0) is 98.0 Å². The molecule has 0 unspecified atom stereocenters. The molecule has 0 spiro atoms. The Labute approximate surface area is 265 Å². The van der Waals surface area contributed by atoms with Crippen LogP contribution in [0.5, 0.6) is 0 Å². The van der Waals surface area contributed by atoms with Crippen LogP contribution in [0, 0.1) is 0 Å². The summed E-state index contributed by atoms with van der Waals surface area (Å²) in [6.45, 7) is 4.49. The van der Waals surface area contributed by atoms with E-state index in [1.165, 1.54) is 49.7 Å². The van der Waals surface area contributed by atoms with E-state index in [2.05, 4.69) is 66.3 Å². The summed E-state index contributed by atoms with van der Waals surface area (Å²) in [4.78, 5) is 29.3. The molecule has 6 nitrogen and oxygen atoms in total. The number of aryl methyl sites for hydroxylation is 2. The van der Waals surface area contributed by atoms with Crippen LogP contribution in [0.3, 0.4) is 0 Å². The van der Waals surface area contributed by atoms with Crippen molar-refractivity contribution in [2.75, 3.05) is 0 Å². The quantitative estimate of drug-likeness (QED) is 0.122. The zero-order valence-electron chi connectivity index (χ0n) is 26.3. The van der Waals surface area contributed by atoms with Crippen LogP contribution in [-0.4, -0.2) is 31.0 Å². The number of fused-ring (bicyclic) bond motifs is 8. The molecule has 3 N–H and O–H groups in total. The van der Waals surface area contributed by atoms with E-state index in [-0.39, 0.29) is 5.56 Å². The van der Waals surface area contributed by atoms with E-state index in [1.807, 2.05) is 24.3 Å². The molecule has 230 valence electrons. The molecular weight excluding hydrogens is 556 g/mol. The summed E-state index contributed by atoms with van der Waals surface area (Å²) in [5.74, 6) is -0.939. The van der Waals surface area contributed by atoms with Crippen molar-refractivity contribution in [1.29, 1.82) is 0 Å². The first-order valence-electron chi connectivity index (χ1n) is 16.5. The number of benzene rings is 1. The number of aromatic nitrogens is 4. The Morgan fingerprint density at radius 3 is 1.89 bits per heavy atom. The lowest BCUT2D eigenvalue weighted by Gasteiger charge is -2.06. The molecule has 45 heavy (non-hydrogen) atoms. The van der Waals surface area contributed by atoms with Crippen LogP contribution in [0.2, 0.25) is 0 Å². The standard InChI is InChI=1S/C39H42N4O2/c1-3-5-7-9-11-30-32-19-17-28(40-32)25-29-18-20-36(41-29)38(26-13-15-27(16-14-26)39(44)45)37-24-23-35(43-37)31(12-10-8-6-4-2)34-22-21-33(30)42-34/h13-25,40,43H,3-12H2,1-2H3,(H,44,45). The molecule has 0 aliphatic carbocycles. The van der Waals surface area contributed by atoms with Crippen LogP contribution in [0.15, 0.2) is 54.6 Å². The summed E-state index contributed by atoms with van der Waals surface area (Å²) in [6, 6.07) is 17.7. The first-order chi connectivity index (χ1) is 22.0. The molecule has 1 aromatic carbocycles. The summed E-state index contributed by atoms with van der Waals surface area (Å²) in [6.07, 6.45) is 19.9. The molecule has 0 fully saturated rings. The van der Waals surface area contributed by atoms with Crippen molar-refractivity contribution in [1.82, 2.24) is 19.9 Å². The number of nitrogens with zero attached hydrogens (tertiary/aromatic N) is 2. The lowest BCUT2D eigenvalue weighted by Crippen LogP contribution is -1.95. The third-order valence-corrected chi connectivity index (χ3v) is 8.77. The van der Waals surface area contributed by atoms with Gasteiger partial charge in [0.1, 0.15) is 0 Å². The molecule has 8 bridgehead atoms. The maximum Gasteiger partial charge on any atom is 0.335 e. The van der Waals surface area contributed by atoms with Crippen molar-refractivity contribution in [3.8, 4) is 11.1 Å². The van der Waals surface area contributed by atoms with Gasteiger partial charge in [0, 0.05) is 38.8 Å². The number of carbonyl (C=O) groups is 1. The third-order valence-electron chi connectivity index (χ3n) is 8.77. The highest BCUT2D eigenvalue weighted by Gasteiger charge is 2.15. The van der Waals surface area contributed by atoms with Gasteiger partial charge in [0.15, 0.2) is 0 Å². The molecule has 2 aliphatic rings. The number of unbranched alkanes of at least 4 members (excludes halogenated alkanes) is 6. The fourth-order valence-electron chi connectivity index (χ4n) is 6.32. The zero-order chi connectivity index (χ0) is 31.2. The summed E-state index contributed by atoms with van der Waals surface area (Å²) >= 11 is 0. The van der Waals surface area contributed by atoms with E-state index >= 15 is 0 Å². The highest BCUT2D eigenvalue weighted by Crippen LogP contribution is 2.32. The number of rotatable bonds is 12. The lowest BCUT2D eigenvalue weighted by molar-refractivity contribution is 0.0697. The van der Waals surface area contributed by atoms with Gasteiger partial charge in [0.05, 0.1) is 28.3 Å². The molecule has 5 heterocycles. The van der Waals surface area contributed by atoms with Gasteiger partial charge in [-0.3, -0.25) is 0 Å². The Balaban J connectivity index is 1.61. The van der Waals surface area contributed by atoms with E-state index < -0.39 is 5.97 Å². The van der Waals surface area contributed by atoms with Crippen molar-refractivity contribution in [2.45, 2.75) is 78.1 Å². The SMILES string of the molecule is CCCCCCc1c2nc(c(CCCCCC)c3ccc([nH]3)c(-c3ccc(C(=O)O)cc3)c3nc(cc4ccc1[nH]4)C=C3)C=C2. The van der Waals surface area contributed by atoms with Crippen LogP contribution >= 0.6 is 0 Å². The second-order valence-electron chi connectivity index (χ2n) is 12.1. The Morgan fingerprint density at radius 1 is 0.644 bits per heavy atom. The minimum absolute atomic E-state index is 0.258. The Kier molecular flexibility index (Phi) is 9.39. The number of carboxylic acids is 1. The molecule has 0 saturated heterocycles. The monoisotopic (exact) mass is 598 g/mol. The van der Waals surface area contributed by atoms with E-state index in [9.17, 15) is 9.90 Å². The van der Waals surface area contributed by atoms with E-state index in [0.29, 0.717) is 0 Å². The van der Waals surface area contributed by atoms with Gasteiger partial charge in [-0.1, -0.05) is 64.5 Å². The minimum Gasteiger partial charge on any atom is -0.478 e. The van der Waals surface area contributed by atoms with Gasteiger partial charge >= 0.3 is 5.97 Å². The summed E-state index contributed by atoms with van der Waals surface area (Å²) in [5, 5.41) is 9.49. The van der Waals surface area contributed by atoms with Crippen molar-refractivity contribution in [2.24, 2.45) is 0 Å². The van der Waals surface area contributed by atoms with Crippen LogP contribution in [0.1, 0.15) is 109 Å². The van der Waals surface area contributed by atoms with Gasteiger partial charge in [-0.25, -0.2) is 14.8 Å². The van der Waals surface area contributed by atoms with Gasteiger partial charge < -0.3 is 15.1 Å². The van der Waals surface area contributed by atoms with Crippen LogP contribution < -0.4 is 0 Å². The normalized spacial score (nSPS) is 12.2. The molecule has 0 saturated carbocycles. The van der Waals surface area contributed by atoms with E-state index in [0.717, 1.165) is 81.7 Å². The van der Waals surface area contributed by atoms with Crippen molar-refractivity contribution in [3.05, 3.63) is 94.1 Å². The highest BCUT2D eigenvalue weighted by atomic mass is 16.4. The number of H-pyrrole nitrogens is 2. The minimum atomic E-state index is -0.939. The van der Waals surface area contributed by atoms with Gasteiger partial charge in [-0.15, -0.1) is 0 Å². The number of hydrogen-bond donors (Lipinski definition) is 3. The predicted octanol–water partition coefficient (Wildman–Crippen LogP) is 10.3. The summed E-state index contributed by atoms with van der Waals surface area (Å²) < 4.78 is 0. The number of nitrogens with one attached hydrogen (secondary N) is 2. The summed E-state index contributed by atoms with van der Waals surface area (Å²) in [5.41, 5.74) is 12.4. The second kappa shape index (κ2) is 13.9. The summed E-state index contributed by atoms with van der Waals surface area (Å²) in [7, 11) is 0. The molecule has 2 aliphatic heterocycles. The maximum absolute atomic E-state index is 11.6. The van der Waals surface area contributed by atoms with Gasteiger partial charge in [0.2, 0.25) is 0 Å². The van der Waals surface area contributed by atoms with Crippen LogP contribution in [0.4, 0.5) is 0 Å². The Hall–Kier alpha value is -4.71. The van der Waals surface area contributed by atoms with Crippen molar-refractivity contribution in [3.63, 3.8) is 0 Å². The molecule has 6 heteroatoms. The number of aromatic amines is 2. The second-order valence-corrected chi connectivity index (χ2v) is 12.1. The fourth-order valence-corrected chi connectivity index (χ4v) is 6.32. The molecule has 0 amide bonds. The van der Waals surface area contributed by atoms with Crippen molar-refractivity contribution >= 4 is 52.3 Å². The average Bonchev–Trinajstić information content (AvgIpc) is 3.87. The van der Waals surface area contributed by atoms with Gasteiger partial charge in [0.25, 0.3) is 0 Å². The van der Waals surface area contributed by atoms with Crippen LogP contribution in [-0.2, 0) is 12.8 Å².